The van der Waals surface area contributed by atoms with E-state index in [0.717, 1.165) is 0 Å². The molecule has 0 aliphatic rings. The number of hydrogen-bond acceptors (Lipinski definition) is 7. The maximum Gasteiger partial charge on any atom is 0.280 e. The number of aromatic nitrogens is 6. The first-order chi connectivity index (χ1) is 16.1. The Bertz CT molecular complexity index is 1510. The zero-order valence-corrected chi connectivity index (χ0v) is 16.8. The van der Waals surface area contributed by atoms with E-state index in [9.17, 15) is 14.0 Å². The van der Waals surface area contributed by atoms with Crippen molar-refractivity contribution in [2.75, 3.05) is 5.32 Å². The Labute approximate surface area is 184 Å². The number of carbonyl (C=O) groups excluding carboxylic acids is 1. The van der Waals surface area contributed by atoms with Crippen LogP contribution in [0.3, 0.4) is 0 Å². The van der Waals surface area contributed by atoms with Gasteiger partial charge in [-0.15, -0.1) is 10.2 Å². The number of ether oxygens (including phenoxy) is 1. The van der Waals surface area contributed by atoms with Crippen LogP contribution in [0.1, 0.15) is 10.5 Å². The molecule has 2 aromatic carbocycles. The number of benzene rings is 2. The number of halogens is 1. The number of nitrogens with zero attached hydrogens (tertiary/aromatic N) is 6. The van der Waals surface area contributed by atoms with E-state index in [2.05, 4.69) is 25.6 Å². The molecule has 0 saturated heterocycles. The Kier molecular flexibility index (Phi) is 5.03. The predicted molar refractivity (Wildman–Crippen MR) is 115 cm³/mol. The highest BCUT2D eigenvalue weighted by atomic mass is 19.1. The van der Waals surface area contributed by atoms with Crippen LogP contribution in [0.2, 0.25) is 0 Å². The Balaban J connectivity index is 1.33. The highest BCUT2D eigenvalue weighted by Gasteiger charge is 2.14. The minimum absolute atomic E-state index is 0.279. The van der Waals surface area contributed by atoms with Gasteiger partial charge in [0.05, 0.1) is 5.69 Å². The van der Waals surface area contributed by atoms with Gasteiger partial charge in [0.1, 0.15) is 17.9 Å². The van der Waals surface area contributed by atoms with Crippen LogP contribution in [0.4, 0.5) is 10.1 Å². The molecule has 0 radical (unpaired) electrons. The van der Waals surface area contributed by atoms with Crippen LogP contribution < -0.4 is 15.5 Å². The Morgan fingerprint density at radius 2 is 1.79 bits per heavy atom. The summed E-state index contributed by atoms with van der Waals surface area (Å²) in [5.74, 6) is -0.339. The van der Waals surface area contributed by atoms with Crippen molar-refractivity contribution in [1.29, 1.82) is 0 Å². The molecule has 0 aliphatic carbocycles. The van der Waals surface area contributed by atoms with Crippen LogP contribution in [0, 0.1) is 5.82 Å². The van der Waals surface area contributed by atoms with Crippen molar-refractivity contribution in [3.05, 3.63) is 101 Å². The molecule has 0 aliphatic heterocycles. The topological polar surface area (TPSA) is 116 Å². The van der Waals surface area contributed by atoms with Crippen molar-refractivity contribution in [3.63, 3.8) is 0 Å². The molecule has 0 spiro atoms. The van der Waals surface area contributed by atoms with Gasteiger partial charge in [-0.1, -0.05) is 0 Å². The molecule has 11 heteroatoms. The van der Waals surface area contributed by atoms with Crippen LogP contribution in [0.15, 0.2) is 84.3 Å². The molecular formula is C22H14FN7O3. The average molecular weight is 443 g/mol. The zero-order valence-electron chi connectivity index (χ0n) is 16.8. The summed E-state index contributed by atoms with van der Waals surface area (Å²) in [7, 11) is 0. The van der Waals surface area contributed by atoms with E-state index in [0.29, 0.717) is 22.8 Å². The second-order valence-corrected chi connectivity index (χ2v) is 6.82. The third-order valence-electron chi connectivity index (χ3n) is 4.62. The first kappa shape index (κ1) is 20.0. The Hall–Kier alpha value is -4.93. The van der Waals surface area contributed by atoms with Gasteiger partial charge in [-0.3, -0.25) is 14.0 Å². The second-order valence-electron chi connectivity index (χ2n) is 6.82. The molecule has 10 nitrogen and oxygen atoms in total. The maximum absolute atomic E-state index is 13.2. The summed E-state index contributed by atoms with van der Waals surface area (Å²) in [6, 6.07) is 13.2. The van der Waals surface area contributed by atoms with E-state index >= 15 is 0 Å². The lowest BCUT2D eigenvalue weighted by Gasteiger charge is -2.09. The van der Waals surface area contributed by atoms with Crippen LogP contribution in [-0.4, -0.2) is 35.3 Å². The van der Waals surface area contributed by atoms with Crippen molar-refractivity contribution >= 4 is 17.2 Å². The van der Waals surface area contributed by atoms with E-state index in [-0.39, 0.29) is 11.6 Å². The average Bonchev–Trinajstić information content (AvgIpc) is 3.31. The zero-order chi connectivity index (χ0) is 22.8. The van der Waals surface area contributed by atoms with Crippen LogP contribution in [0.5, 0.6) is 11.6 Å². The Morgan fingerprint density at radius 3 is 2.58 bits per heavy atom. The number of rotatable bonds is 5. The smallest absolute Gasteiger partial charge is 0.280 e. The summed E-state index contributed by atoms with van der Waals surface area (Å²) < 4.78 is 21.9. The molecule has 3 heterocycles. The number of nitrogens with one attached hydrogen (secondary N) is 1. The SMILES string of the molecule is O=C(Nc1ccc(Oc2nccn3cnnc23)cc1)c1nn(-c2ccc(F)cc2)ccc1=O. The van der Waals surface area contributed by atoms with Gasteiger partial charge in [0.15, 0.2) is 5.69 Å². The predicted octanol–water partition coefficient (Wildman–Crippen LogP) is 2.85. The monoisotopic (exact) mass is 443 g/mol. The molecule has 0 atom stereocenters. The van der Waals surface area contributed by atoms with Crippen molar-refractivity contribution in [3.8, 4) is 17.3 Å². The third-order valence-corrected chi connectivity index (χ3v) is 4.62. The lowest BCUT2D eigenvalue weighted by Crippen LogP contribution is -2.25. The number of carbonyl (C=O) groups is 1. The number of hydrogen-bond donors (Lipinski definition) is 1. The fraction of sp³-hybridized carbons (Fsp3) is 0. The minimum Gasteiger partial charge on any atom is -0.436 e. The van der Waals surface area contributed by atoms with Gasteiger partial charge in [0.2, 0.25) is 11.1 Å². The summed E-state index contributed by atoms with van der Waals surface area (Å²) in [6.07, 6.45) is 6.20. The Morgan fingerprint density at radius 1 is 1.00 bits per heavy atom. The molecule has 1 amide bonds. The van der Waals surface area contributed by atoms with Crippen molar-refractivity contribution < 1.29 is 13.9 Å². The van der Waals surface area contributed by atoms with Gasteiger partial charge in [0.25, 0.3) is 11.8 Å². The standard InChI is InChI=1S/C22H14FN7O3/c23-14-1-5-16(6-2-14)30-11-9-18(31)19(28-30)21(32)26-15-3-7-17(8-4-15)33-22-20-27-25-13-29(20)12-10-24-22/h1-13H,(H,26,32). The minimum atomic E-state index is -0.681. The van der Waals surface area contributed by atoms with Crippen molar-refractivity contribution in [1.82, 2.24) is 29.4 Å². The molecule has 0 unspecified atom stereocenters. The summed E-state index contributed by atoms with van der Waals surface area (Å²) in [5, 5.41) is 14.5. The van der Waals surface area contributed by atoms with E-state index in [1.807, 2.05) is 0 Å². The molecule has 5 rings (SSSR count). The maximum atomic E-state index is 13.2. The van der Waals surface area contributed by atoms with Gasteiger partial charge in [-0.05, 0) is 48.5 Å². The summed E-state index contributed by atoms with van der Waals surface area (Å²) in [5.41, 5.74) is 0.549. The largest absolute Gasteiger partial charge is 0.436 e. The lowest BCUT2D eigenvalue weighted by atomic mass is 10.2. The first-order valence-corrected chi connectivity index (χ1v) is 9.66. The van der Waals surface area contributed by atoms with Gasteiger partial charge < -0.3 is 10.1 Å². The fourth-order valence-electron chi connectivity index (χ4n) is 3.02. The van der Waals surface area contributed by atoms with Crippen molar-refractivity contribution in [2.45, 2.75) is 0 Å². The highest BCUT2D eigenvalue weighted by molar-refractivity contribution is 6.02. The third kappa shape index (κ3) is 4.14. The number of amides is 1. The van der Waals surface area contributed by atoms with E-state index in [4.69, 9.17) is 4.74 Å². The van der Waals surface area contributed by atoms with Crippen LogP contribution in [-0.2, 0) is 0 Å². The number of anilines is 1. The normalized spacial score (nSPS) is 10.8. The molecule has 0 bridgehead atoms. The molecular weight excluding hydrogens is 429 g/mol. The van der Waals surface area contributed by atoms with E-state index in [1.165, 1.54) is 47.5 Å². The van der Waals surface area contributed by atoms with E-state index in [1.54, 1.807) is 41.1 Å². The quantitative estimate of drug-likeness (QED) is 0.444. The summed E-state index contributed by atoms with van der Waals surface area (Å²) in [6.45, 7) is 0. The van der Waals surface area contributed by atoms with E-state index < -0.39 is 17.2 Å². The molecule has 1 N–H and O–H groups in total. The number of fused-ring (bicyclic) bond motifs is 1. The van der Waals surface area contributed by atoms with Crippen LogP contribution in [0.25, 0.3) is 11.3 Å². The molecule has 33 heavy (non-hydrogen) atoms. The fourth-order valence-corrected chi connectivity index (χ4v) is 3.02. The van der Waals surface area contributed by atoms with Crippen molar-refractivity contribution in [2.24, 2.45) is 0 Å². The highest BCUT2D eigenvalue weighted by Crippen LogP contribution is 2.24. The van der Waals surface area contributed by atoms with Gasteiger partial charge in [-0.2, -0.15) is 5.10 Å². The van der Waals surface area contributed by atoms with Gasteiger partial charge in [-0.25, -0.2) is 14.1 Å². The van der Waals surface area contributed by atoms with Gasteiger partial charge >= 0.3 is 0 Å². The van der Waals surface area contributed by atoms with Gasteiger partial charge in [0, 0.05) is 30.3 Å². The summed E-state index contributed by atoms with van der Waals surface area (Å²) in [4.78, 5) is 29.0. The first-order valence-electron chi connectivity index (χ1n) is 9.66. The molecule has 0 fully saturated rings. The molecule has 5 aromatic rings. The molecule has 3 aromatic heterocycles. The second kappa shape index (κ2) is 8.30. The van der Waals surface area contributed by atoms with Crippen LogP contribution >= 0.6 is 0 Å². The lowest BCUT2D eigenvalue weighted by molar-refractivity contribution is 0.101. The molecule has 162 valence electrons. The molecule has 0 saturated carbocycles. The summed E-state index contributed by atoms with van der Waals surface area (Å²) >= 11 is 0.